The summed E-state index contributed by atoms with van der Waals surface area (Å²) in [6.07, 6.45) is 3.57. The summed E-state index contributed by atoms with van der Waals surface area (Å²) in [5.41, 5.74) is 6.38. The number of amides is 1. The van der Waals surface area contributed by atoms with Gasteiger partial charge in [-0.05, 0) is 43.9 Å². The Morgan fingerprint density at radius 1 is 1.29 bits per heavy atom. The maximum absolute atomic E-state index is 12.6. The van der Waals surface area contributed by atoms with Gasteiger partial charge in [0.15, 0.2) is 0 Å². The molecule has 2 fully saturated rings. The second kappa shape index (κ2) is 5.60. The van der Waals surface area contributed by atoms with Gasteiger partial charge in [-0.25, -0.2) is 0 Å². The lowest BCUT2D eigenvalue weighted by Crippen LogP contribution is -2.50. The fraction of sp³-hybridized carbons (Fsp3) is 0.533. The van der Waals surface area contributed by atoms with Crippen LogP contribution in [-0.4, -0.2) is 35.5 Å². The molecule has 21 heavy (non-hydrogen) atoms. The van der Waals surface area contributed by atoms with Crippen LogP contribution in [0.5, 0.6) is 5.75 Å². The molecule has 2 aliphatic rings. The van der Waals surface area contributed by atoms with Gasteiger partial charge in [-0.1, -0.05) is 6.07 Å². The number of hydrogen-bond acceptors (Lipinski definition) is 3. The molecule has 0 radical (unpaired) electrons. The molecule has 6 heteroatoms. The van der Waals surface area contributed by atoms with E-state index in [1.54, 1.807) is 12.1 Å². The molecule has 0 aromatic heterocycles. The van der Waals surface area contributed by atoms with Gasteiger partial charge in [0, 0.05) is 23.7 Å². The third-order valence-corrected chi connectivity index (χ3v) is 4.31. The number of halogens is 2. The van der Waals surface area contributed by atoms with Gasteiger partial charge < -0.3 is 15.4 Å². The summed E-state index contributed by atoms with van der Waals surface area (Å²) in [5.74, 6) is -0.106. The van der Waals surface area contributed by atoms with E-state index in [0.717, 1.165) is 25.7 Å². The number of rotatable bonds is 3. The van der Waals surface area contributed by atoms with E-state index in [-0.39, 0.29) is 29.8 Å². The van der Waals surface area contributed by atoms with Gasteiger partial charge in [0.2, 0.25) is 0 Å². The van der Waals surface area contributed by atoms with Crippen LogP contribution in [-0.2, 0) is 0 Å². The Bertz CT molecular complexity index is 524. The lowest BCUT2D eigenvalue weighted by Gasteiger charge is -2.37. The standard InChI is InChI=1S/C15H18F2N2O2/c16-15(17)21-13-3-1-2-9(6-13)14(20)19-11-4-5-12(19)8-10(18)7-11/h1-3,6,10-12,15H,4-5,7-8,18H2. The number of benzene rings is 1. The first kappa shape index (κ1) is 14.3. The van der Waals surface area contributed by atoms with Crippen LogP contribution in [0, 0.1) is 0 Å². The maximum Gasteiger partial charge on any atom is 0.387 e. The summed E-state index contributed by atoms with van der Waals surface area (Å²) in [5, 5.41) is 0. The molecule has 0 aliphatic carbocycles. The van der Waals surface area contributed by atoms with Crippen LogP contribution < -0.4 is 10.5 Å². The highest BCUT2D eigenvalue weighted by atomic mass is 19.3. The highest BCUT2D eigenvalue weighted by molar-refractivity contribution is 5.95. The first-order valence-corrected chi connectivity index (χ1v) is 7.17. The Morgan fingerprint density at radius 2 is 1.95 bits per heavy atom. The van der Waals surface area contributed by atoms with Crippen LogP contribution >= 0.6 is 0 Å². The Labute approximate surface area is 121 Å². The van der Waals surface area contributed by atoms with Crippen molar-refractivity contribution in [1.82, 2.24) is 4.90 Å². The molecule has 3 rings (SSSR count). The lowest BCUT2D eigenvalue weighted by molar-refractivity contribution is -0.0499. The summed E-state index contributed by atoms with van der Waals surface area (Å²) < 4.78 is 28.9. The summed E-state index contributed by atoms with van der Waals surface area (Å²) in [6.45, 7) is -2.89. The molecule has 0 spiro atoms. The lowest BCUT2D eigenvalue weighted by atomic mass is 9.97. The number of piperidine rings is 1. The van der Waals surface area contributed by atoms with Crippen molar-refractivity contribution in [2.75, 3.05) is 0 Å². The smallest absolute Gasteiger partial charge is 0.387 e. The first-order chi connectivity index (χ1) is 10.0. The number of carbonyl (C=O) groups is 1. The monoisotopic (exact) mass is 296 g/mol. The largest absolute Gasteiger partial charge is 0.435 e. The van der Waals surface area contributed by atoms with Crippen molar-refractivity contribution in [3.05, 3.63) is 29.8 Å². The van der Waals surface area contributed by atoms with Crippen LogP contribution in [0.3, 0.4) is 0 Å². The van der Waals surface area contributed by atoms with Gasteiger partial charge in [-0.2, -0.15) is 8.78 Å². The molecule has 2 N–H and O–H groups in total. The second-order valence-electron chi connectivity index (χ2n) is 5.74. The van der Waals surface area contributed by atoms with Gasteiger partial charge in [0.05, 0.1) is 0 Å². The van der Waals surface area contributed by atoms with Crippen molar-refractivity contribution >= 4 is 5.91 Å². The minimum absolute atomic E-state index is 0.0110. The number of fused-ring (bicyclic) bond motifs is 2. The van der Waals surface area contributed by atoms with E-state index in [0.29, 0.717) is 5.56 Å². The number of nitrogens with zero attached hydrogens (tertiary/aromatic N) is 1. The van der Waals surface area contributed by atoms with E-state index < -0.39 is 6.61 Å². The molecule has 2 atom stereocenters. The van der Waals surface area contributed by atoms with Crippen molar-refractivity contribution < 1.29 is 18.3 Å². The topological polar surface area (TPSA) is 55.6 Å². The summed E-state index contributed by atoms with van der Waals surface area (Å²) >= 11 is 0. The summed E-state index contributed by atoms with van der Waals surface area (Å²) in [6, 6.07) is 6.49. The van der Waals surface area contributed by atoms with E-state index in [1.807, 2.05) is 4.90 Å². The molecule has 1 amide bonds. The molecule has 2 aliphatic heterocycles. The van der Waals surface area contributed by atoms with Gasteiger partial charge in [-0.15, -0.1) is 0 Å². The van der Waals surface area contributed by atoms with Gasteiger partial charge in [0.1, 0.15) is 5.75 Å². The average molecular weight is 296 g/mol. The number of hydrogen-bond donors (Lipinski definition) is 1. The van der Waals surface area contributed by atoms with Crippen molar-refractivity contribution in [1.29, 1.82) is 0 Å². The van der Waals surface area contributed by atoms with Crippen molar-refractivity contribution in [2.45, 2.75) is 50.4 Å². The van der Waals surface area contributed by atoms with Crippen LogP contribution in [0.1, 0.15) is 36.0 Å². The fourth-order valence-electron chi connectivity index (χ4n) is 3.51. The summed E-state index contributed by atoms with van der Waals surface area (Å²) in [4.78, 5) is 14.5. The Morgan fingerprint density at radius 3 is 2.57 bits per heavy atom. The van der Waals surface area contributed by atoms with E-state index >= 15 is 0 Å². The zero-order chi connectivity index (χ0) is 15.0. The molecular formula is C15H18F2N2O2. The van der Waals surface area contributed by atoms with Gasteiger partial charge in [0.25, 0.3) is 5.91 Å². The molecule has 1 aromatic carbocycles. The quantitative estimate of drug-likeness (QED) is 0.931. The van der Waals surface area contributed by atoms with Crippen LogP contribution in [0.4, 0.5) is 8.78 Å². The SMILES string of the molecule is NC1CC2CCC(C1)N2C(=O)c1cccc(OC(F)F)c1. The second-order valence-corrected chi connectivity index (χ2v) is 5.74. The van der Waals surface area contributed by atoms with E-state index in [9.17, 15) is 13.6 Å². The van der Waals surface area contributed by atoms with E-state index in [1.165, 1.54) is 12.1 Å². The molecule has 2 saturated heterocycles. The Hall–Kier alpha value is -1.69. The minimum atomic E-state index is -2.89. The van der Waals surface area contributed by atoms with Crippen LogP contribution in [0.15, 0.2) is 24.3 Å². The molecule has 2 unspecified atom stereocenters. The van der Waals surface area contributed by atoms with Crippen molar-refractivity contribution in [3.8, 4) is 5.75 Å². The highest BCUT2D eigenvalue weighted by Crippen LogP contribution is 2.36. The molecule has 2 heterocycles. The molecule has 0 saturated carbocycles. The molecular weight excluding hydrogens is 278 g/mol. The predicted molar refractivity (Wildman–Crippen MR) is 73.3 cm³/mol. The molecule has 114 valence electrons. The number of ether oxygens (including phenoxy) is 1. The Balaban J connectivity index is 1.79. The van der Waals surface area contributed by atoms with E-state index in [2.05, 4.69) is 4.74 Å². The van der Waals surface area contributed by atoms with Crippen molar-refractivity contribution in [3.63, 3.8) is 0 Å². The van der Waals surface area contributed by atoms with Crippen molar-refractivity contribution in [2.24, 2.45) is 5.73 Å². The highest BCUT2D eigenvalue weighted by Gasteiger charge is 2.42. The first-order valence-electron chi connectivity index (χ1n) is 7.17. The number of alkyl halides is 2. The normalized spacial score (nSPS) is 28.0. The van der Waals surface area contributed by atoms with Gasteiger partial charge in [-0.3, -0.25) is 4.79 Å². The third kappa shape index (κ3) is 2.85. The minimum Gasteiger partial charge on any atom is -0.435 e. The van der Waals surface area contributed by atoms with Crippen LogP contribution in [0.2, 0.25) is 0 Å². The zero-order valence-electron chi connectivity index (χ0n) is 11.5. The average Bonchev–Trinajstić information content (AvgIpc) is 2.69. The van der Waals surface area contributed by atoms with Gasteiger partial charge >= 0.3 is 6.61 Å². The zero-order valence-corrected chi connectivity index (χ0v) is 11.5. The van der Waals surface area contributed by atoms with E-state index in [4.69, 9.17) is 5.73 Å². The summed E-state index contributed by atoms with van der Waals surface area (Å²) in [7, 11) is 0. The number of carbonyl (C=O) groups excluding carboxylic acids is 1. The molecule has 4 nitrogen and oxygen atoms in total. The van der Waals surface area contributed by atoms with Crippen LogP contribution in [0.25, 0.3) is 0 Å². The molecule has 2 bridgehead atoms. The third-order valence-electron chi connectivity index (χ3n) is 4.31. The predicted octanol–water partition coefficient (Wildman–Crippen LogP) is 2.38. The molecule has 1 aromatic rings. The fourth-order valence-corrected chi connectivity index (χ4v) is 3.51. The number of nitrogens with two attached hydrogens (primary N) is 1. The maximum atomic E-state index is 12.6. The Kier molecular flexibility index (Phi) is 3.80.